The fraction of sp³-hybridized carbons (Fsp3) is 0.556. The molecule has 120 valence electrons. The monoisotopic (exact) mass is 301 g/mol. The molecule has 0 amide bonds. The van der Waals surface area contributed by atoms with Gasteiger partial charge in [0, 0.05) is 31.7 Å². The SMILES string of the molecule is C#Cc1ccc(COCNCCCN2CCN(C)CC2)cc1. The Balaban J connectivity index is 1.46. The molecule has 4 heteroatoms. The van der Waals surface area contributed by atoms with Crippen molar-refractivity contribution >= 4 is 0 Å². The molecule has 1 heterocycles. The van der Waals surface area contributed by atoms with Gasteiger partial charge in [-0.3, -0.25) is 5.32 Å². The smallest absolute Gasteiger partial charge is 0.0969 e. The van der Waals surface area contributed by atoms with Crippen LogP contribution in [-0.2, 0) is 11.3 Å². The lowest BCUT2D eigenvalue weighted by Crippen LogP contribution is -2.45. The highest BCUT2D eigenvalue weighted by Crippen LogP contribution is 2.04. The van der Waals surface area contributed by atoms with Crippen molar-refractivity contribution < 1.29 is 4.74 Å². The number of likely N-dealkylation sites (N-methyl/N-ethyl adjacent to an activating group) is 1. The lowest BCUT2D eigenvalue weighted by molar-refractivity contribution is 0.101. The van der Waals surface area contributed by atoms with Crippen LogP contribution in [0.3, 0.4) is 0 Å². The number of nitrogens with zero attached hydrogens (tertiary/aromatic N) is 2. The summed E-state index contributed by atoms with van der Waals surface area (Å²) in [4.78, 5) is 4.92. The largest absolute Gasteiger partial charge is 0.362 e. The first-order chi connectivity index (χ1) is 10.8. The number of rotatable bonds is 8. The number of hydrogen-bond acceptors (Lipinski definition) is 4. The summed E-state index contributed by atoms with van der Waals surface area (Å²) in [7, 11) is 2.19. The molecule has 0 saturated carbocycles. The molecule has 0 atom stereocenters. The third kappa shape index (κ3) is 6.17. The van der Waals surface area contributed by atoms with E-state index in [1.807, 2.05) is 24.3 Å². The van der Waals surface area contributed by atoms with Crippen LogP contribution in [-0.4, -0.2) is 62.8 Å². The van der Waals surface area contributed by atoms with Gasteiger partial charge in [-0.1, -0.05) is 18.1 Å². The van der Waals surface area contributed by atoms with Gasteiger partial charge < -0.3 is 14.5 Å². The molecule has 1 fully saturated rings. The van der Waals surface area contributed by atoms with Gasteiger partial charge in [-0.15, -0.1) is 6.42 Å². The molecular weight excluding hydrogens is 274 g/mol. The van der Waals surface area contributed by atoms with Gasteiger partial charge in [0.2, 0.25) is 0 Å². The zero-order valence-electron chi connectivity index (χ0n) is 13.6. The van der Waals surface area contributed by atoms with Gasteiger partial charge in [0.1, 0.15) is 0 Å². The van der Waals surface area contributed by atoms with Gasteiger partial charge in [-0.25, -0.2) is 0 Å². The number of terminal acetylenes is 1. The van der Waals surface area contributed by atoms with E-state index in [0.717, 1.165) is 17.7 Å². The first kappa shape index (κ1) is 17.0. The summed E-state index contributed by atoms with van der Waals surface area (Å²) in [5.74, 6) is 2.61. The van der Waals surface area contributed by atoms with E-state index in [-0.39, 0.29) is 0 Å². The van der Waals surface area contributed by atoms with Crippen molar-refractivity contribution in [1.29, 1.82) is 0 Å². The maximum Gasteiger partial charge on any atom is 0.0969 e. The van der Waals surface area contributed by atoms with E-state index in [9.17, 15) is 0 Å². The van der Waals surface area contributed by atoms with Crippen LogP contribution in [0.5, 0.6) is 0 Å². The summed E-state index contributed by atoms with van der Waals surface area (Å²) in [6, 6.07) is 7.93. The average Bonchev–Trinajstić information content (AvgIpc) is 2.56. The lowest BCUT2D eigenvalue weighted by atomic mass is 10.1. The molecule has 2 rings (SSSR count). The van der Waals surface area contributed by atoms with Crippen LogP contribution in [0.2, 0.25) is 0 Å². The Bertz CT molecular complexity index is 458. The average molecular weight is 301 g/mol. The minimum absolute atomic E-state index is 0.597. The summed E-state index contributed by atoms with van der Waals surface area (Å²) >= 11 is 0. The Labute approximate surface area is 134 Å². The maximum absolute atomic E-state index is 5.62. The fourth-order valence-corrected chi connectivity index (χ4v) is 2.51. The molecule has 4 nitrogen and oxygen atoms in total. The molecule has 1 aliphatic heterocycles. The quantitative estimate of drug-likeness (QED) is 0.446. The Morgan fingerprint density at radius 2 is 1.91 bits per heavy atom. The number of nitrogens with one attached hydrogen (secondary N) is 1. The van der Waals surface area contributed by atoms with E-state index in [0.29, 0.717) is 13.3 Å². The van der Waals surface area contributed by atoms with Gasteiger partial charge in [-0.2, -0.15) is 0 Å². The van der Waals surface area contributed by atoms with Crippen LogP contribution in [0, 0.1) is 12.3 Å². The number of hydrogen-bond donors (Lipinski definition) is 1. The Morgan fingerprint density at radius 3 is 2.59 bits per heavy atom. The zero-order chi connectivity index (χ0) is 15.6. The van der Waals surface area contributed by atoms with E-state index in [1.54, 1.807) is 0 Å². The summed E-state index contributed by atoms with van der Waals surface area (Å²) in [6.45, 7) is 8.16. The van der Waals surface area contributed by atoms with Crippen molar-refractivity contribution in [3.63, 3.8) is 0 Å². The molecule has 0 unspecified atom stereocenters. The predicted octanol–water partition coefficient (Wildman–Crippen LogP) is 1.37. The summed E-state index contributed by atoms with van der Waals surface area (Å²) in [5, 5.41) is 3.33. The summed E-state index contributed by atoms with van der Waals surface area (Å²) < 4.78 is 5.62. The van der Waals surface area contributed by atoms with Crippen molar-refractivity contribution in [1.82, 2.24) is 15.1 Å². The van der Waals surface area contributed by atoms with Crippen molar-refractivity contribution in [2.45, 2.75) is 13.0 Å². The molecule has 0 spiro atoms. The van der Waals surface area contributed by atoms with E-state index in [1.165, 1.54) is 39.1 Å². The Kier molecular flexibility index (Phi) is 7.41. The van der Waals surface area contributed by atoms with Crippen LogP contribution < -0.4 is 5.32 Å². The molecule has 1 aromatic carbocycles. The third-order valence-electron chi connectivity index (χ3n) is 4.02. The van der Waals surface area contributed by atoms with Gasteiger partial charge in [0.05, 0.1) is 13.3 Å². The maximum atomic E-state index is 5.62. The molecule has 0 bridgehead atoms. The van der Waals surface area contributed by atoms with Crippen LogP contribution in [0.1, 0.15) is 17.5 Å². The van der Waals surface area contributed by atoms with Crippen LogP contribution in [0.25, 0.3) is 0 Å². The minimum atomic E-state index is 0.597. The molecule has 1 aliphatic rings. The van der Waals surface area contributed by atoms with Crippen molar-refractivity contribution in [3.8, 4) is 12.3 Å². The summed E-state index contributed by atoms with van der Waals surface area (Å²) in [6.07, 6.45) is 6.50. The molecule has 0 radical (unpaired) electrons. The molecular formula is C18H27N3O. The molecule has 22 heavy (non-hydrogen) atoms. The first-order valence-electron chi connectivity index (χ1n) is 8.03. The van der Waals surface area contributed by atoms with Crippen molar-refractivity contribution in [2.24, 2.45) is 0 Å². The Morgan fingerprint density at radius 1 is 1.18 bits per heavy atom. The zero-order valence-corrected chi connectivity index (χ0v) is 13.6. The molecule has 0 aliphatic carbocycles. The van der Waals surface area contributed by atoms with Crippen molar-refractivity contribution in [3.05, 3.63) is 35.4 Å². The third-order valence-corrected chi connectivity index (χ3v) is 4.02. The highest BCUT2D eigenvalue weighted by atomic mass is 16.5. The van der Waals surface area contributed by atoms with Gasteiger partial charge in [0.15, 0.2) is 0 Å². The second-order valence-electron chi connectivity index (χ2n) is 5.83. The normalized spacial score (nSPS) is 16.5. The standard InChI is InChI=1S/C18H27N3O/c1-3-17-5-7-18(8-6-17)15-22-16-19-9-4-10-21-13-11-20(2)12-14-21/h1,5-8,19H,4,9-16H2,2H3. The second-order valence-corrected chi connectivity index (χ2v) is 5.83. The molecule has 0 aromatic heterocycles. The van der Waals surface area contributed by atoms with Crippen LogP contribution in [0.15, 0.2) is 24.3 Å². The van der Waals surface area contributed by atoms with E-state index >= 15 is 0 Å². The van der Waals surface area contributed by atoms with E-state index in [4.69, 9.17) is 11.2 Å². The topological polar surface area (TPSA) is 27.7 Å². The minimum Gasteiger partial charge on any atom is -0.362 e. The van der Waals surface area contributed by atoms with Crippen LogP contribution >= 0.6 is 0 Å². The second kappa shape index (κ2) is 9.60. The number of piperazine rings is 1. The molecule has 1 saturated heterocycles. The first-order valence-corrected chi connectivity index (χ1v) is 8.03. The fourth-order valence-electron chi connectivity index (χ4n) is 2.51. The van der Waals surface area contributed by atoms with E-state index in [2.05, 4.69) is 28.1 Å². The number of benzene rings is 1. The van der Waals surface area contributed by atoms with Gasteiger partial charge >= 0.3 is 0 Å². The highest BCUT2D eigenvalue weighted by molar-refractivity contribution is 5.33. The lowest BCUT2D eigenvalue weighted by Gasteiger charge is -2.32. The summed E-state index contributed by atoms with van der Waals surface area (Å²) in [5.41, 5.74) is 2.06. The van der Waals surface area contributed by atoms with Crippen molar-refractivity contribution in [2.75, 3.05) is 53.0 Å². The highest BCUT2D eigenvalue weighted by Gasteiger charge is 2.12. The van der Waals surface area contributed by atoms with Gasteiger partial charge in [0.25, 0.3) is 0 Å². The number of ether oxygens (including phenoxy) is 1. The molecule has 1 aromatic rings. The Hall–Kier alpha value is -1.38. The van der Waals surface area contributed by atoms with Crippen LogP contribution in [0.4, 0.5) is 0 Å². The predicted molar refractivity (Wildman–Crippen MR) is 90.6 cm³/mol. The van der Waals surface area contributed by atoms with E-state index < -0.39 is 0 Å². The van der Waals surface area contributed by atoms with Gasteiger partial charge in [-0.05, 0) is 44.3 Å². The molecule has 1 N–H and O–H groups in total.